The highest BCUT2D eigenvalue weighted by Crippen LogP contribution is 2.41. The van der Waals surface area contributed by atoms with E-state index < -0.39 is 0 Å². The normalized spacial score (nSPS) is 17.5. The Morgan fingerprint density at radius 1 is 1.28 bits per heavy atom. The quantitative estimate of drug-likeness (QED) is 0.372. The molecule has 0 fully saturated rings. The van der Waals surface area contributed by atoms with Gasteiger partial charge in [-0.2, -0.15) is 0 Å². The van der Waals surface area contributed by atoms with Crippen molar-refractivity contribution in [3.63, 3.8) is 0 Å². The average Bonchev–Trinajstić information content (AvgIpc) is 3.05. The van der Waals surface area contributed by atoms with E-state index in [-0.39, 0.29) is 10.8 Å². The van der Waals surface area contributed by atoms with Gasteiger partial charge in [-0.25, -0.2) is 15.0 Å². The number of thiophene rings is 1. The van der Waals surface area contributed by atoms with Crippen LogP contribution in [0.1, 0.15) is 41.8 Å². The summed E-state index contributed by atoms with van der Waals surface area (Å²) in [5.74, 6) is 1.87. The molecule has 4 aromatic rings. The zero-order valence-electron chi connectivity index (χ0n) is 16.2. The van der Waals surface area contributed by atoms with Crippen LogP contribution in [-0.2, 0) is 12.8 Å². The third-order valence-corrected chi connectivity index (χ3v) is 7.58. The largest absolute Gasteiger partial charge is 0.383 e. The molecular weight excluding hydrogens is 402 g/mol. The van der Waals surface area contributed by atoms with Crippen molar-refractivity contribution in [2.24, 2.45) is 5.92 Å². The van der Waals surface area contributed by atoms with Crippen molar-refractivity contribution in [3.8, 4) is 0 Å². The number of nitrogens with one attached hydrogen (secondary N) is 1. The van der Waals surface area contributed by atoms with Crippen LogP contribution in [0.5, 0.6) is 0 Å². The molecule has 0 amide bonds. The molecule has 1 aliphatic carbocycles. The number of aromatic nitrogens is 4. The molecule has 29 heavy (non-hydrogen) atoms. The number of hydrogen-bond acceptors (Lipinski definition) is 7. The molecule has 1 aromatic carbocycles. The number of nitrogens with zero attached hydrogens (tertiary/aromatic N) is 3. The van der Waals surface area contributed by atoms with Gasteiger partial charge in [0.2, 0.25) is 0 Å². The molecule has 2 atom stereocenters. The van der Waals surface area contributed by atoms with E-state index in [4.69, 9.17) is 10.7 Å². The van der Waals surface area contributed by atoms with Crippen LogP contribution in [0.3, 0.4) is 0 Å². The molecule has 0 radical (unpaired) electrons. The molecular formula is C21H21N5OS2. The van der Waals surface area contributed by atoms with Gasteiger partial charge in [-0.05, 0) is 49.8 Å². The highest BCUT2D eigenvalue weighted by Gasteiger charge is 2.24. The number of nitrogen functional groups attached to an aromatic ring is 1. The summed E-state index contributed by atoms with van der Waals surface area (Å²) in [6.07, 6.45) is 3.33. The smallest absolute Gasteiger partial charge is 0.258 e. The lowest BCUT2D eigenvalue weighted by atomic mass is 9.89. The van der Waals surface area contributed by atoms with Gasteiger partial charge in [-0.1, -0.05) is 30.8 Å². The maximum atomic E-state index is 12.4. The summed E-state index contributed by atoms with van der Waals surface area (Å²) >= 11 is 3.20. The lowest BCUT2D eigenvalue weighted by Crippen LogP contribution is -2.13. The Balaban J connectivity index is 1.49. The van der Waals surface area contributed by atoms with Crippen molar-refractivity contribution >= 4 is 50.0 Å². The SMILES string of the molecule is C[C@@H]1CCc2c(sc3nc(S[C@H](C)c4nc5ccccc5c(=O)[nH]4)nc(N)c23)C1. The molecule has 148 valence electrons. The molecule has 0 spiro atoms. The van der Waals surface area contributed by atoms with Gasteiger partial charge in [-0.3, -0.25) is 4.79 Å². The van der Waals surface area contributed by atoms with Crippen molar-refractivity contribution in [3.05, 3.63) is 50.9 Å². The van der Waals surface area contributed by atoms with Gasteiger partial charge >= 0.3 is 0 Å². The van der Waals surface area contributed by atoms with Gasteiger partial charge in [0.05, 0.1) is 21.5 Å². The molecule has 8 heteroatoms. The number of anilines is 1. The monoisotopic (exact) mass is 423 g/mol. The summed E-state index contributed by atoms with van der Waals surface area (Å²) in [7, 11) is 0. The molecule has 0 aliphatic heterocycles. The van der Waals surface area contributed by atoms with Crippen LogP contribution >= 0.6 is 23.1 Å². The fourth-order valence-electron chi connectivity index (χ4n) is 3.91. The van der Waals surface area contributed by atoms with Crippen LogP contribution < -0.4 is 11.3 Å². The number of thioether (sulfide) groups is 1. The van der Waals surface area contributed by atoms with Gasteiger partial charge < -0.3 is 10.7 Å². The lowest BCUT2D eigenvalue weighted by Gasteiger charge is -2.17. The Hall–Kier alpha value is -2.45. The first-order chi connectivity index (χ1) is 14.0. The van der Waals surface area contributed by atoms with Crippen LogP contribution in [0.15, 0.2) is 34.2 Å². The summed E-state index contributed by atoms with van der Waals surface area (Å²) in [5, 5.41) is 2.13. The van der Waals surface area contributed by atoms with E-state index in [2.05, 4.69) is 21.9 Å². The van der Waals surface area contributed by atoms with Crippen molar-refractivity contribution in [2.45, 2.75) is 43.5 Å². The Morgan fingerprint density at radius 3 is 2.97 bits per heavy atom. The average molecular weight is 424 g/mol. The van der Waals surface area contributed by atoms with Crippen LogP contribution in [-0.4, -0.2) is 19.9 Å². The summed E-state index contributed by atoms with van der Waals surface area (Å²) in [4.78, 5) is 31.6. The predicted octanol–water partition coefficient (Wildman–Crippen LogP) is 4.49. The van der Waals surface area contributed by atoms with Gasteiger partial charge in [-0.15, -0.1) is 11.3 Å². The number of aryl methyl sites for hydroxylation is 1. The van der Waals surface area contributed by atoms with Gasteiger partial charge in [0.1, 0.15) is 16.5 Å². The minimum absolute atomic E-state index is 0.112. The number of para-hydroxylation sites is 1. The molecule has 0 saturated carbocycles. The van der Waals surface area contributed by atoms with Crippen molar-refractivity contribution in [1.82, 2.24) is 19.9 Å². The van der Waals surface area contributed by atoms with Crippen molar-refractivity contribution in [2.75, 3.05) is 5.73 Å². The minimum Gasteiger partial charge on any atom is -0.383 e. The van der Waals surface area contributed by atoms with Gasteiger partial charge in [0.15, 0.2) is 5.16 Å². The fraction of sp³-hybridized carbons (Fsp3) is 0.333. The maximum absolute atomic E-state index is 12.4. The van der Waals surface area contributed by atoms with E-state index in [0.717, 1.165) is 23.1 Å². The number of aromatic amines is 1. The molecule has 1 aliphatic rings. The number of fused-ring (bicyclic) bond motifs is 4. The molecule has 0 saturated heterocycles. The number of rotatable bonds is 3. The second kappa shape index (κ2) is 7.11. The van der Waals surface area contributed by atoms with Crippen LogP contribution in [0, 0.1) is 5.92 Å². The third-order valence-electron chi connectivity index (χ3n) is 5.46. The van der Waals surface area contributed by atoms with Gasteiger partial charge in [0, 0.05) is 4.88 Å². The zero-order valence-corrected chi connectivity index (χ0v) is 17.9. The standard InChI is InChI=1S/C21H21N5OS2/c1-10-7-8-13-15(9-10)29-20-16(13)17(22)24-21(26-20)28-11(2)18-23-14-6-4-3-5-12(14)19(27)25-18/h3-6,10-11H,7-9H2,1-2H3,(H2,22,24,26)(H,23,25,27)/t10-,11-/m1/s1. The van der Waals surface area contributed by atoms with Gasteiger partial charge in [0.25, 0.3) is 5.56 Å². The summed E-state index contributed by atoms with van der Waals surface area (Å²) in [6, 6.07) is 7.35. The topological polar surface area (TPSA) is 97.5 Å². The number of H-pyrrole nitrogens is 1. The molecule has 3 heterocycles. The molecule has 5 rings (SSSR count). The molecule has 0 bridgehead atoms. The Morgan fingerprint density at radius 2 is 2.10 bits per heavy atom. The van der Waals surface area contributed by atoms with E-state index in [1.165, 1.54) is 28.6 Å². The first kappa shape index (κ1) is 18.6. The summed E-state index contributed by atoms with van der Waals surface area (Å²) in [6.45, 7) is 4.28. The minimum atomic E-state index is -0.131. The molecule has 0 unspecified atom stereocenters. The zero-order chi connectivity index (χ0) is 20.1. The van der Waals surface area contributed by atoms with E-state index in [1.54, 1.807) is 17.4 Å². The highest BCUT2D eigenvalue weighted by molar-refractivity contribution is 7.99. The second-order valence-corrected chi connectivity index (χ2v) is 10.0. The predicted molar refractivity (Wildman–Crippen MR) is 120 cm³/mol. The molecule has 6 nitrogen and oxygen atoms in total. The number of benzene rings is 1. The fourth-order valence-corrected chi connectivity index (χ4v) is 6.20. The molecule has 3 N–H and O–H groups in total. The van der Waals surface area contributed by atoms with Crippen LogP contribution in [0.4, 0.5) is 5.82 Å². The first-order valence-corrected chi connectivity index (χ1v) is 11.4. The Bertz CT molecular complexity index is 1300. The van der Waals surface area contributed by atoms with Crippen LogP contribution in [0.25, 0.3) is 21.1 Å². The van der Waals surface area contributed by atoms with E-state index in [1.807, 2.05) is 25.1 Å². The number of nitrogens with two attached hydrogens (primary N) is 1. The summed E-state index contributed by atoms with van der Waals surface area (Å²) in [5.41, 5.74) is 8.24. The van der Waals surface area contributed by atoms with E-state index >= 15 is 0 Å². The lowest BCUT2D eigenvalue weighted by molar-refractivity contribution is 0.509. The van der Waals surface area contributed by atoms with Crippen molar-refractivity contribution < 1.29 is 0 Å². The van der Waals surface area contributed by atoms with E-state index in [9.17, 15) is 4.79 Å². The summed E-state index contributed by atoms with van der Waals surface area (Å²) < 4.78 is 0. The van der Waals surface area contributed by atoms with Crippen LogP contribution in [0.2, 0.25) is 0 Å². The highest BCUT2D eigenvalue weighted by atomic mass is 32.2. The molecule has 3 aromatic heterocycles. The van der Waals surface area contributed by atoms with Crippen molar-refractivity contribution in [1.29, 1.82) is 0 Å². The Kier molecular flexibility index (Phi) is 4.55. The second-order valence-electron chi connectivity index (χ2n) is 7.65. The maximum Gasteiger partial charge on any atom is 0.258 e. The Labute approximate surface area is 176 Å². The first-order valence-electron chi connectivity index (χ1n) is 9.73. The van der Waals surface area contributed by atoms with E-state index in [0.29, 0.717) is 33.6 Å². The number of hydrogen-bond donors (Lipinski definition) is 2. The third kappa shape index (κ3) is 3.30.